The first kappa shape index (κ1) is 17.6. The minimum atomic E-state index is -0.507. The molecule has 0 aliphatic carbocycles. The quantitative estimate of drug-likeness (QED) is 0.457. The lowest BCUT2D eigenvalue weighted by molar-refractivity contribution is -0.140. The third-order valence-electron chi connectivity index (χ3n) is 3.48. The molecule has 7 nitrogen and oxygen atoms in total. The molecule has 1 amide bonds. The first-order valence-corrected chi connectivity index (χ1v) is 7.36. The summed E-state index contributed by atoms with van der Waals surface area (Å²) < 4.78 is 9.27. The Balaban J connectivity index is 2.33. The van der Waals surface area contributed by atoms with Crippen molar-refractivity contribution in [3.05, 3.63) is 41.1 Å². The lowest BCUT2D eigenvalue weighted by Gasteiger charge is -2.16. The summed E-state index contributed by atoms with van der Waals surface area (Å²) in [6.45, 7) is -0.155. The third-order valence-corrected chi connectivity index (χ3v) is 3.98. The number of nitrogens with zero attached hydrogens (tertiary/aromatic N) is 2. The number of benzene rings is 1. The van der Waals surface area contributed by atoms with Gasteiger partial charge in [0.2, 0.25) is 0 Å². The Bertz CT molecular complexity index is 726. The number of hydrogen-bond donors (Lipinski definition) is 0. The molecule has 1 saturated heterocycles. The normalized spacial score (nSPS) is 15.9. The maximum absolute atomic E-state index is 12.3. The fourth-order valence-corrected chi connectivity index (χ4v) is 2.38. The average molecular weight is 348 g/mol. The first-order valence-electron chi connectivity index (χ1n) is 6.95. The summed E-state index contributed by atoms with van der Waals surface area (Å²) in [5.74, 6) is -1.27. The monoisotopic (exact) mass is 348 g/mol. The molecule has 0 aromatic heterocycles. The van der Waals surface area contributed by atoms with Gasteiger partial charge in [0.05, 0.1) is 19.8 Å². The summed E-state index contributed by atoms with van der Waals surface area (Å²) in [4.78, 5) is 38.0. The molecular weight excluding hydrogens is 332 g/mol. The van der Waals surface area contributed by atoms with E-state index in [0.717, 1.165) is 0 Å². The largest absolute Gasteiger partial charge is 0.468 e. The number of rotatable bonds is 4. The standard InChI is InChI=1S/C16H16N2O5S/c1-17-14(20)12(18(16(17)24)9-13(19)22-2)8-10-4-6-11(7-5-10)15(21)23-3/h4-8H,9H2,1-3H3/b12-8-. The number of likely N-dealkylation sites (N-methyl/N-ethyl adjacent to an activating group) is 1. The van der Waals surface area contributed by atoms with Crippen LogP contribution < -0.4 is 0 Å². The lowest BCUT2D eigenvalue weighted by atomic mass is 10.1. The molecule has 24 heavy (non-hydrogen) atoms. The van der Waals surface area contributed by atoms with Crippen LogP contribution in [0.2, 0.25) is 0 Å². The highest BCUT2D eigenvalue weighted by Gasteiger charge is 2.36. The summed E-state index contributed by atoms with van der Waals surface area (Å²) in [6.07, 6.45) is 1.60. The van der Waals surface area contributed by atoms with Crippen LogP contribution in [0.1, 0.15) is 15.9 Å². The molecule has 1 aromatic carbocycles. The summed E-state index contributed by atoms with van der Waals surface area (Å²) in [7, 11) is 4.11. The van der Waals surface area contributed by atoms with Crippen LogP contribution in [0.5, 0.6) is 0 Å². The molecule has 0 radical (unpaired) electrons. The van der Waals surface area contributed by atoms with Crippen LogP contribution in [0.25, 0.3) is 6.08 Å². The van der Waals surface area contributed by atoms with Gasteiger partial charge >= 0.3 is 11.9 Å². The fourth-order valence-electron chi connectivity index (χ4n) is 2.14. The predicted octanol–water partition coefficient (Wildman–Crippen LogP) is 1.05. The number of carbonyl (C=O) groups excluding carboxylic acids is 3. The summed E-state index contributed by atoms with van der Waals surface area (Å²) >= 11 is 5.19. The smallest absolute Gasteiger partial charge is 0.337 e. The van der Waals surface area contributed by atoms with Crippen molar-refractivity contribution in [1.82, 2.24) is 9.80 Å². The number of methoxy groups -OCH3 is 2. The summed E-state index contributed by atoms with van der Waals surface area (Å²) in [6, 6.07) is 6.52. The van der Waals surface area contributed by atoms with Gasteiger partial charge in [-0.1, -0.05) is 12.1 Å². The van der Waals surface area contributed by atoms with E-state index in [1.54, 1.807) is 30.3 Å². The molecule has 1 fully saturated rings. The predicted molar refractivity (Wildman–Crippen MR) is 89.8 cm³/mol. The van der Waals surface area contributed by atoms with Crippen molar-refractivity contribution in [2.24, 2.45) is 0 Å². The van der Waals surface area contributed by atoms with Gasteiger partial charge in [0.1, 0.15) is 12.2 Å². The van der Waals surface area contributed by atoms with Gasteiger partial charge in [0.15, 0.2) is 5.11 Å². The zero-order valence-electron chi connectivity index (χ0n) is 13.4. The van der Waals surface area contributed by atoms with E-state index in [-0.39, 0.29) is 23.3 Å². The maximum Gasteiger partial charge on any atom is 0.337 e. The Morgan fingerprint density at radius 3 is 2.33 bits per heavy atom. The van der Waals surface area contributed by atoms with E-state index in [1.165, 1.54) is 31.1 Å². The number of amides is 1. The topological polar surface area (TPSA) is 76.2 Å². The van der Waals surface area contributed by atoms with Gasteiger partial charge in [-0.15, -0.1) is 0 Å². The molecule has 0 N–H and O–H groups in total. The Morgan fingerprint density at radius 1 is 1.17 bits per heavy atom. The molecule has 126 valence electrons. The molecule has 0 unspecified atom stereocenters. The Morgan fingerprint density at radius 2 is 1.79 bits per heavy atom. The highest BCUT2D eigenvalue weighted by molar-refractivity contribution is 7.80. The molecule has 0 bridgehead atoms. The number of thiocarbonyl (C=S) groups is 1. The second-order valence-corrected chi connectivity index (χ2v) is 5.32. The van der Waals surface area contributed by atoms with Crippen molar-refractivity contribution in [2.75, 3.05) is 27.8 Å². The Kier molecular flexibility index (Phi) is 5.30. The lowest BCUT2D eigenvalue weighted by Crippen LogP contribution is -2.33. The minimum Gasteiger partial charge on any atom is -0.468 e. The van der Waals surface area contributed by atoms with E-state index in [0.29, 0.717) is 11.1 Å². The van der Waals surface area contributed by atoms with Crippen molar-refractivity contribution in [1.29, 1.82) is 0 Å². The number of hydrogen-bond acceptors (Lipinski definition) is 6. The van der Waals surface area contributed by atoms with E-state index in [1.807, 2.05) is 0 Å². The molecule has 2 rings (SSSR count). The molecule has 1 aliphatic heterocycles. The fraction of sp³-hybridized carbons (Fsp3) is 0.250. The van der Waals surface area contributed by atoms with Crippen LogP contribution in [-0.2, 0) is 19.1 Å². The molecule has 8 heteroatoms. The Hall–Kier alpha value is -2.74. The SMILES string of the molecule is COC(=O)CN1C(=S)N(C)C(=O)/C1=C/c1ccc(C(=O)OC)cc1. The van der Waals surface area contributed by atoms with Crippen molar-refractivity contribution in [3.8, 4) is 0 Å². The van der Waals surface area contributed by atoms with E-state index in [9.17, 15) is 14.4 Å². The molecule has 0 spiro atoms. The van der Waals surface area contributed by atoms with Crippen LogP contribution in [0, 0.1) is 0 Å². The van der Waals surface area contributed by atoms with Crippen LogP contribution in [-0.4, -0.2) is 60.6 Å². The van der Waals surface area contributed by atoms with Gasteiger partial charge in [-0.3, -0.25) is 14.5 Å². The number of ether oxygens (including phenoxy) is 2. The van der Waals surface area contributed by atoms with Gasteiger partial charge in [-0.05, 0) is 36.0 Å². The molecular formula is C16H16N2O5S. The van der Waals surface area contributed by atoms with Crippen molar-refractivity contribution < 1.29 is 23.9 Å². The van der Waals surface area contributed by atoms with Crippen LogP contribution >= 0.6 is 12.2 Å². The second kappa shape index (κ2) is 7.22. The van der Waals surface area contributed by atoms with Crippen molar-refractivity contribution in [3.63, 3.8) is 0 Å². The number of esters is 2. The maximum atomic E-state index is 12.3. The van der Waals surface area contributed by atoms with E-state index in [2.05, 4.69) is 9.47 Å². The third kappa shape index (κ3) is 3.43. The zero-order chi connectivity index (χ0) is 17.9. The molecule has 0 saturated carbocycles. The van der Waals surface area contributed by atoms with Crippen molar-refractivity contribution in [2.45, 2.75) is 0 Å². The minimum absolute atomic E-state index is 0.155. The number of carbonyl (C=O) groups is 3. The summed E-state index contributed by atoms with van der Waals surface area (Å²) in [5.41, 5.74) is 1.34. The van der Waals surface area contributed by atoms with E-state index < -0.39 is 11.9 Å². The average Bonchev–Trinajstić information content (AvgIpc) is 2.79. The van der Waals surface area contributed by atoms with E-state index in [4.69, 9.17) is 12.2 Å². The molecule has 1 aromatic rings. The van der Waals surface area contributed by atoms with Crippen LogP contribution in [0.4, 0.5) is 0 Å². The van der Waals surface area contributed by atoms with Crippen LogP contribution in [0.3, 0.4) is 0 Å². The van der Waals surface area contributed by atoms with Gasteiger partial charge in [0.25, 0.3) is 5.91 Å². The van der Waals surface area contributed by atoms with Gasteiger partial charge in [0, 0.05) is 7.05 Å². The highest BCUT2D eigenvalue weighted by Crippen LogP contribution is 2.22. The van der Waals surface area contributed by atoms with Gasteiger partial charge in [-0.25, -0.2) is 4.79 Å². The second-order valence-electron chi connectivity index (χ2n) is 4.95. The molecule has 0 atom stereocenters. The van der Waals surface area contributed by atoms with Gasteiger partial charge in [-0.2, -0.15) is 0 Å². The van der Waals surface area contributed by atoms with Crippen molar-refractivity contribution >= 4 is 41.3 Å². The zero-order valence-corrected chi connectivity index (χ0v) is 14.3. The van der Waals surface area contributed by atoms with Gasteiger partial charge < -0.3 is 14.4 Å². The first-order chi connectivity index (χ1) is 11.4. The molecule has 1 heterocycles. The summed E-state index contributed by atoms with van der Waals surface area (Å²) in [5, 5.41) is 0.225. The Labute approximate surface area is 144 Å². The molecule has 1 aliphatic rings. The van der Waals surface area contributed by atoms with E-state index >= 15 is 0 Å². The van der Waals surface area contributed by atoms with Crippen LogP contribution in [0.15, 0.2) is 30.0 Å². The highest BCUT2D eigenvalue weighted by atomic mass is 32.1.